The average Bonchev–Trinajstić information content (AvgIpc) is 2.47. The van der Waals surface area contributed by atoms with Crippen LogP contribution >= 0.6 is 0 Å². The molecule has 122 valence electrons. The number of nitrogens with two attached hydrogens (primary N) is 1. The fourth-order valence-electron chi connectivity index (χ4n) is 3.39. The number of ether oxygens (including phenoxy) is 1. The second-order valence-electron chi connectivity index (χ2n) is 6.56. The Morgan fingerprint density at radius 1 is 1.29 bits per heavy atom. The van der Waals surface area contributed by atoms with Gasteiger partial charge in [0.25, 0.3) is 0 Å². The molecule has 21 heavy (non-hydrogen) atoms. The van der Waals surface area contributed by atoms with E-state index in [2.05, 4.69) is 5.32 Å². The molecule has 1 aliphatic carbocycles. The number of hydrogen-bond donors (Lipinski definition) is 2. The lowest BCUT2D eigenvalue weighted by molar-refractivity contribution is -0.151. The summed E-state index contributed by atoms with van der Waals surface area (Å²) >= 11 is 0. The lowest BCUT2D eigenvalue weighted by Gasteiger charge is -2.37. The minimum Gasteiger partial charge on any atom is -0.467 e. The van der Waals surface area contributed by atoms with Crippen LogP contribution in [0.2, 0.25) is 0 Å². The molecule has 1 fully saturated rings. The number of esters is 1. The van der Waals surface area contributed by atoms with Gasteiger partial charge in [-0.3, -0.25) is 4.79 Å². The van der Waals surface area contributed by atoms with Gasteiger partial charge in [-0.25, -0.2) is 4.79 Å². The quantitative estimate of drug-likeness (QED) is 0.706. The first-order valence-corrected chi connectivity index (χ1v) is 8.01. The van der Waals surface area contributed by atoms with Gasteiger partial charge < -0.3 is 15.8 Å². The first kappa shape index (κ1) is 18.0. The van der Waals surface area contributed by atoms with Crippen LogP contribution in [0.4, 0.5) is 0 Å². The molecule has 5 nitrogen and oxygen atoms in total. The van der Waals surface area contributed by atoms with E-state index in [0.717, 1.165) is 32.1 Å². The zero-order valence-electron chi connectivity index (χ0n) is 13.7. The Hall–Kier alpha value is -1.10. The van der Waals surface area contributed by atoms with Crippen molar-refractivity contribution in [3.8, 4) is 0 Å². The van der Waals surface area contributed by atoms with Gasteiger partial charge in [0, 0.05) is 6.42 Å². The van der Waals surface area contributed by atoms with E-state index in [0.29, 0.717) is 19.4 Å². The Kier molecular flexibility index (Phi) is 6.65. The van der Waals surface area contributed by atoms with Crippen LogP contribution in [-0.4, -0.2) is 31.1 Å². The van der Waals surface area contributed by atoms with Gasteiger partial charge in [0.05, 0.1) is 7.11 Å². The van der Waals surface area contributed by atoms with Gasteiger partial charge in [0.1, 0.15) is 5.54 Å². The molecule has 3 N–H and O–H groups in total. The lowest BCUT2D eigenvalue weighted by Crippen LogP contribution is -2.54. The van der Waals surface area contributed by atoms with E-state index in [1.54, 1.807) is 6.92 Å². The molecule has 0 bridgehead atoms. The number of carbonyl (C=O) groups is 2. The van der Waals surface area contributed by atoms with Crippen molar-refractivity contribution in [2.45, 2.75) is 70.8 Å². The number of nitrogens with one attached hydrogen (secondary N) is 1. The molecule has 0 spiro atoms. The molecule has 1 atom stereocenters. The summed E-state index contributed by atoms with van der Waals surface area (Å²) in [5, 5.41) is 2.88. The molecule has 5 heteroatoms. The molecule has 0 radical (unpaired) electrons. The Balaban J connectivity index is 2.71. The summed E-state index contributed by atoms with van der Waals surface area (Å²) in [6, 6.07) is 0. The molecular formula is C16H30N2O3. The van der Waals surface area contributed by atoms with Crippen LogP contribution in [-0.2, 0) is 14.3 Å². The van der Waals surface area contributed by atoms with Crippen molar-refractivity contribution >= 4 is 11.9 Å². The minimum atomic E-state index is -0.939. The predicted molar refractivity (Wildman–Crippen MR) is 82.7 cm³/mol. The largest absolute Gasteiger partial charge is 0.467 e. The molecule has 1 saturated carbocycles. The number of hydrogen-bond acceptors (Lipinski definition) is 4. The third-order valence-corrected chi connectivity index (χ3v) is 4.68. The van der Waals surface area contributed by atoms with Crippen LogP contribution in [0.1, 0.15) is 65.2 Å². The SMILES string of the molecule is CCCC(C)(NC(=O)CC1(CN)CCCCC1)C(=O)OC. The van der Waals surface area contributed by atoms with Gasteiger partial charge in [-0.2, -0.15) is 0 Å². The van der Waals surface area contributed by atoms with Crippen LogP contribution in [0.3, 0.4) is 0 Å². The smallest absolute Gasteiger partial charge is 0.331 e. The monoisotopic (exact) mass is 298 g/mol. The van der Waals surface area contributed by atoms with E-state index in [1.807, 2.05) is 6.92 Å². The highest BCUT2D eigenvalue weighted by atomic mass is 16.5. The molecule has 0 heterocycles. The highest BCUT2D eigenvalue weighted by molar-refractivity contribution is 5.87. The maximum absolute atomic E-state index is 12.4. The molecule has 0 aromatic carbocycles. The van der Waals surface area contributed by atoms with Gasteiger partial charge in [-0.05, 0) is 38.1 Å². The van der Waals surface area contributed by atoms with Crippen molar-refractivity contribution in [3.63, 3.8) is 0 Å². The molecular weight excluding hydrogens is 268 g/mol. The predicted octanol–water partition coefficient (Wildman–Crippen LogP) is 2.13. The summed E-state index contributed by atoms with van der Waals surface area (Å²) < 4.78 is 4.83. The maximum Gasteiger partial charge on any atom is 0.331 e. The molecule has 1 amide bonds. The second-order valence-corrected chi connectivity index (χ2v) is 6.56. The van der Waals surface area contributed by atoms with Gasteiger partial charge in [-0.15, -0.1) is 0 Å². The third kappa shape index (κ3) is 4.70. The molecule has 0 aromatic rings. The summed E-state index contributed by atoms with van der Waals surface area (Å²) in [7, 11) is 1.35. The Morgan fingerprint density at radius 2 is 1.90 bits per heavy atom. The number of amides is 1. The number of rotatable bonds is 7. The van der Waals surface area contributed by atoms with Gasteiger partial charge in [0.15, 0.2) is 0 Å². The van der Waals surface area contributed by atoms with Crippen LogP contribution in [0.15, 0.2) is 0 Å². The second kappa shape index (κ2) is 7.78. The van der Waals surface area contributed by atoms with Crippen molar-refractivity contribution in [1.82, 2.24) is 5.32 Å². The third-order valence-electron chi connectivity index (χ3n) is 4.68. The minimum absolute atomic E-state index is 0.0917. The topological polar surface area (TPSA) is 81.4 Å². The van der Waals surface area contributed by atoms with E-state index in [4.69, 9.17) is 10.5 Å². The van der Waals surface area contributed by atoms with E-state index in [1.165, 1.54) is 13.5 Å². The van der Waals surface area contributed by atoms with Gasteiger partial charge in [-0.1, -0.05) is 32.6 Å². The van der Waals surface area contributed by atoms with E-state index < -0.39 is 5.54 Å². The zero-order chi connectivity index (χ0) is 15.9. The van der Waals surface area contributed by atoms with Gasteiger partial charge in [0.2, 0.25) is 5.91 Å². The summed E-state index contributed by atoms with van der Waals surface area (Å²) in [5.74, 6) is -0.480. The first-order valence-electron chi connectivity index (χ1n) is 8.01. The van der Waals surface area contributed by atoms with Crippen molar-refractivity contribution in [1.29, 1.82) is 0 Å². The average molecular weight is 298 g/mol. The Bertz CT molecular complexity index is 365. The molecule has 0 saturated heterocycles. The van der Waals surface area contributed by atoms with Crippen molar-refractivity contribution in [2.24, 2.45) is 11.1 Å². The van der Waals surface area contributed by atoms with Crippen molar-refractivity contribution < 1.29 is 14.3 Å². The molecule has 1 rings (SSSR count). The fraction of sp³-hybridized carbons (Fsp3) is 0.875. The van der Waals surface area contributed by atoms with Crippen molar-refractivity contribution in [2.75, 3.05) is 13.7 Å². The summed E-state index contributed by atoms with van der Waals surface area (Å²) in [6.07, 6.45) is 7.26. The van der Waals surface area contributed by atoms with Crippen molar-refractivity contribution in [3.05, 3.63) is 0 Å². The molecule has 1 unspecified atom stereocenters. The van der Waals surface area contributed by atoms with E-state index >= 15 is 0 Å². The highest BCUT2D eigenvalue weighted by Crippen LogP contribution is 2.38. The van der Waals surface area contributed by atoms with Gasteiger partial charge >= 0.3 is 5.97 Å². The summed E-state index contributed by atoms with van der Waals surface area (Å²) in [5.41, 5.74) is 4.89. The van der Waals surface area contributed by atoms with E-state index in [-0.39, 0.29) is 17.3 Å². The standard InChI is InChI=1S/C16H30N2O3/c1-4-8-15(2,14(20)21-3)18-13(19)11-16(12-17)9-6-5-7-10-16/h4-12,17H2,1-3H3,(H,18,19). The van der Waals surface area contributed by atoms with Crippen LogP contribution < -0.4 is 11.1 Å². The summed E-state index contributed by atoms with van der Waals surface area (Å²) in [6.45, 7) is 4.25. The molecule has 0 aromatic heterocycles. The maximum atomic E-state index is 12.4. The number of methoxy groups -OCH3 is 1. The van der Waals surface area contributed by atoms with Crippen LogP contribution in [0, 0.1) is 5.41 Å². The molecule has 1 aliphatic rings. The highest BCUT2D eigenvalue weighted by Gasteiger charge is 2.38. The van der Waals surface area contributed by atoms with Crippen LogP contribution in [0.25, 0.3) is 0 Å². The molecule has 0 aliphatic heterocycles. The first-order chi connectivity index (χ1) is 9.91. The van der Waals surface area contributed by atoms with Crippen LogP contribution in [0.5, 0.6) is 0 Å². The zero-order valence-corrected chi connectivity index (χ0v) is 13.7. The van der Waals surface area contributed by atoms with E-state index in [9.17, 15) is 9.59 Å². The Morgan fingerprint density at radius 3 is 2.38 bits per heavy atom. The summed E-state index contributed by atoms with van der Waals surface area (Å²) in [4.78, 5) is 24.4. The lowest BCUT2D eigenvalue weighted by atomic mass is 9.71. The fourth-order valence-corrected chi connectivity index (χ4v) is 3.39. The normalized spacial score (nSPS) is 20.4. The Labute approximate surface area is 128 Å². The number of carbonyl (C=O) groups excluding carboxylic acids is 2.